The first kappa shape index (κ1) is 24.3. The van der Waals surface area contributed by atoms with Gasteiger partial charge in [-0.25, -0.2) is 0 Å². The number of aliphatic carboxylic acids is 1. The highest BCUT2D eigenvalue weighted by Gasteiger charge is 2.19. The smallest absolute Gasteiger partial charge is 0.319 e. The number of esters is 2. The van der Waals surface area contributed by atoms with E-state index >= 15 is 0 Å². The second-order valence-corrected chi connectivity index (χ2v) is 6.79. The highest BCUT2D eigenvalue weighted by atomic mass is 16.5. The third-order valence-electron chi connectivity index (χ3n) is 4.89. The topological polar surface area (TPSA) is 106 Å². The maximum Gasteiger partial charge on any atom is 0.319 e. The molecule has 1 heterocycles. The Morgan fingerprint density at radius 1 is 0.679 bits per heavy atom. The molecule has 10 nitrogen and oxygen atoms in total. The zero-order chi connectivity index (χ0) is 20.9. The van der Waals surface area contributed by atoms with Gasteiger partial charge in [-0.2, -0.15) is 0 Å². The number of ether oxygens (including phenoxy) is 2. The normalized spacial score (nSPS) is 19.4. The van der Waals surface area contributed by atoms with Crippen LogP contribution in [0.1, 0.15) is 6.92 Å². The monoisotopic (exact) mass is 401 g/mol. The Balaban J connectivity index is 2.86. The van der Waals surface area contributed by atoms with E-state index < -0.39 is 5.97 Å². The summed E-state index contributed by atoms with van der Waals surface area (Å²) < 4.78 is 9.55. The number of carbonyl (C=O) groups excluding carboxylic acids is 3. The summed E-state index contributed by atoms with van der Waals surface area (Å²) in [6.07, 6.45) is 0. The number of carbonyl (C=O) groups is 3. The van der Waals surface area contributed by atoms with Crippen LogP contribution in [0.3, 0.4) is 0 Å². The van der Waals surface area contributed by atoms with Crippen molar-refractivity contribution in [3.63, 3.8) is 0 Å². The number of hydrogen-bond donors (Lipinski definition) is 0. The van der Waals surface area contributed by atoms with Gasteiger partial charge in [0.05, 0.1) is 33.3 Å². The fourth-order valence-electron chi connectivity index (χ4n) is 3.05. The van der Waals surface area contributed by atoms with Crippen LogP contribution in [0.15, 0.2) is 0 Å². The van der Waals surface area contributed by atoms with Crippen LogP contribution in [0.25, 0.3) is 0 Å². The first-order valence-corrected chi connectivity index (χ1v) is 9.60. The maximum atomic E-state index is 11.7. The van der Waals surface area contributed by atoms with Crippen molar-refractivity contribution in [3.05, 3.63) is 0 Å². The molecule has 1 aliphatic heterocycles. The van der Waals surface area contributed by atoms with E-state index in [1.807, 2.05) is 14.7 Å². The number of carboxylic acid groups (broad SMARTS) is 1. The van der Waals surface area contributed by atoms with Gasteiger partial charge in [-0.05, 0) is 6.54 Å². The zero-order valence-corrected chi connectivity index (χ0v) is 17.2. The number of rotatable bonds is 7. The Bertz CT molecular complexity index is 504. The molecular weight excluding hydrogens is 368 g/mol. The number of methoxy groups -OCH3 is 2. The first-order chi connectivity index (χ1) is 13.4. The lowest BCUT2D eigenvalue weighted by Gasteiger charge is -2.33. The van der Waals surface area contributed by atoms with Crippen LogP contribution in [-0.2, 0) is 23.9 Å². The van der Waals surface area contributed by atoms with E-state index in [2.05, 4.69) is 11.8 Å². The average molecular weight is 401 g/mol. The molecule has 1 rings (SSSR count). The van der Waals surface area contributed by atoms with Gasteiger partial charge in [0, 0.05) is 58.9 Å². The second kappa shape index (κ2) is 13.4. The van der Waals surface area contributed by atoms with Crippen molar-refractivity contribution in [2.75, 3.05) is 92.8 Å². The molecule has 0 saturated carbocycles. The molecule has 0 bridgehead atoms. The Kier molecular flexibility index (Phi) is 11.7. The summed E-state index contributed by atoms with van der Waals surface area (Å²) in [6.45, 7) is 7.94. The molecule has 1 aliphatic rings. The van der Waals surface area contributed by atoms with Crippen molar-refractivity contribution in [2.45, 2.75) is 6.92 Å². The van der Waals surface area contributed by atoms with E-state index in [-0.39, 0.29) is 31.6 Å². The molecule has 0 aromatic heterocycles. The summed E-state index contributed by atoms with van der Waals surface area (Å²) in [7, 11) is 2.71. The Labute approximate surface area is 166 Å². The molecule has 0 unspecified atom stereocenters. The predicted molar refractivity (Wildman–Crippen MR) is 100 cm³/mol. The molecule has 0 aliphatic carbocycles. The summed E-state index contributed by atoms with van der Waals surface area (Å²) >= 11 is 0. The first-order valence-electron chi connectivity index (χ1n) is 9.60. The molecule has 28 heavy (non-hydrogen) atoms. The lowest BCUT2D eigenvalue weighted by molar-refractivity contribution is -0.306. The molecule has 0 aromatic rings. The van der Waals surface area contributed by atoms with E-state index in [1.165, 1.54) is 14.2 Å². The third kappa shape index (κ3) is 9.98. The zero-order valence-electron chi connectivity index (χ0n) is 17.2. The Hall–Kier alpha value is -1.75. The highest BCUT2D eigenvalue weighted by Crippen LogP contribution is 2.01. The van der Waals surface area contributed by atoms with Crippen LogP contribution in [0.2, 0.25) is 0 Å². The molecule has 162 valence electrons. The van der Waals surface area contributed by atoms with Crippen molar-refractivity contribution in [3.8, 4) is 0 Å². The highest BCUT2D eigenvalue weighted by molar-refractivity contribution is 5.72. The van der Waals surface area contributed by atoms with Crippen LogP contribution in [0.4, 0.5) is 0 Å². The maximum absolute atomic E-state index is 11.7. The fraction of sp³-hybridized carbons (Fsp3) is 0.833. The van der Waals surface area contributed by atoms with E-state index in [4.69, 9.17) is 9.47 Å². The molecule has 0 N–H and O–H groups in total. The van der Waals surface area contributed by atoms with E-state index in [1.54, 1.807) is 0 Å². The second-order valence-electron chi connectivity index (χ2n) is 6.79. The largest absolute Gasteiger partial charge is 0.549 e. The Morgan fingerprint density at radius 3 is 1.29 bits per heavy atom. The van der Waals surface area contributed by atoms with Crippen molar-refractivity contribution in [1.29, 1.82) is 0 Å². The minimum atomic E-state index is -1.11. The molecule has 0 atom stereocenters. The van der Waals surface area contributed by atoms with Crippen molar-refractivity contribution >= 4 is 17.9 Å². The van der Waals surface area contributed by atoms with Crippen LogP contribution in [0, 0.1) is 0 Å². The minimum absolute atomic E-state index is 0.114. The molecule has 0 spiro atoms. The molecule has 0 amide bonds. The van der Waals surface area contributed by atoms with Crippen LogP contribution < -0.4 is 5.11 Å². The number of carboxylic acids is 1. The van der Waals surface area contributed by atoms with Crippen molar-refractivity contribution in [2.24, 2.45) is 0 Å². The predicted octanol–water partition coefficient (Wildman–Crippen LogP) is -2.68. The van der Waals surface area contributed by atoms with Gasteiger partial charge in [-0.3, -0.25) is 24.3 Å². The summed E-state index contributed by atoms with van der Waals surface area (Å²) in [5.41, 5.74) is 0. The van der Waals surface area contributed by atoms with Crippen LogP contribution >= 0.6 is 0 Å². The average Bonchev–Trinajstić information content (AvgIpc) is 2.67. The minimum Gasteiger partial charge on any atom is -0.549 e. The van der Waals surface area contributed by atoms with E-state index in [0.29, 0.717) is 45.8 Å². The molecule has 0 radical (unpaired) electrons. The molecule has 10 heteroatoms. The van der Waals surface area contributed by atoms with Gasteiger partial charge in [-0.15, -0.1) is 0 Å². The van der Waals surface area contributed by atoms with E-state index in [9.17, 15) is 19.5 Å². The third-order valence-corrected chi connectivity index (χ3v) is 4.89. The summed E-state index contributed by atoms with van der Waals surface area (Å²) in [5.74, 6) is -1.76. The van der Waals surface area contributed by atoms with Gasteiger partial charge in [0.1, 0.15) is 0 Å². The van der Waals surface area contributed by atoms with E-state index in [0.717, 1.165) is 13.1 Å². The number of nitrogens with zero attached hydrogens (tertiary/aromatic N) is 4. The van der Waals surface area contributed by atoms with Crippen molar-refractivity contribution in [1.82, 2.24) is 19.6 Å². The molecule has 0 aromatic carbocycles. The fourth-order valence-corrected chi connectivity index (χ4v) is 3.05. The molecule has 1 fully saturated rings. The number of hydrogen-bond acceptors (Lipinski definition) is 10. The SMILES string of the molecule is CCN1CCN(CC(=O)[O-])CCN(CC(=O)OC)CCN(CC(=O)OC)CC1. The number of likely N-dealkylation sites (N-methyl/N-ethyl adjacent to an activating group) is 1. The van der Waals surface area contributed by atoms with Gasteiger partial charge < -0.3 is 24.3 Å². The van der Waals surface area contributed by atoms with Gasteiger partial charge >= 0.3 is 11.9 Å². The van der Waals surface area contributed by atoms with Crippen molar-refractivity contribution < 1.29 is 29.0 Å². The van der Waals surface area contributed by atoms with Gasteiger partial charge in [0.2, 0.25) is 0 Å². The van der Waals surface area contributed by atoms with Gasteiger partial charge in [0.15, 0.2) is 0 Å². The summed E-state index contributed by atoms with van der Waals surface area (Å²) in [4.78, 5) is 42.5. The van der Waals surface area contributed by atoms with Gasteiger partial charge in [0.25, 0.3) is 0 Å². The standard InChI is InChI=1S/C18H34N4O6/c1-4-19-5-7-20(13-16(23)24)9-10-22(15-18(26)28-3)12-11-21(8-6-19)14-17(25)27-2/h4-15H2,1-3H3,(H,23,24)/p-1. The quantitative estimate of drug-likeness (QED) is 0.419. The lowest BCUT2D eigenvalue weighted by Crippen LogP contribution is -2.49. The van der Waals surface area contributed by atoms with Crippen LogP contribution in [0.5, 0.6) is 0 Å². The summed E-state index contributed by atoms with van der Waals surface area (Å²) in [5, 5.41) is 11.1. The molecule has 1 saturated heterocycles. The lowest BCUT2D eigenvalue weighted by atomic mass is 10.3. The van der Waals surface area contributed by atoms with Gasteiger partial charge in [-0.1, -0.05) is 6.92 Å². The van der Waals surface area contributed by atoms with Crippen LogP contribution in [-0.4, -0.2) is 130 Å². The molecular formula is C18H33N4O6-. The summed E-state index contributed by atoms with van der Waals surface area (Å²) in [6, 6.07) is 0. The Morgan fingerprint density at radius 2 is 1.00 bits per heavy atom.